The van der Waals surface area contributed by atoms with Crippen molar-refractivity contribution in [3.05, 3.63) is 60.8 Å². The molecule has 0 unspecified atom stereocenters. The third-order valence-electron chi connectivity index (χ3n) is 5.05. The number of carbonyl (C=O) groups is 1. The summed E-state index contributed by atoms with van der Waals surface area (Å²) in [6.07, 6.45) is 29.2. The van der Waals surface area contributed by atoms with Gasteiger partial charge in [0.1, 0.15) is 0 Å². The minimum Gasteiger partial charge on any atom is -0.382 e. The van der Waals surface area contributed by atoms with Crippen molar-refractivity contribution >= 4 is 5.91 Å². The number of carbonyl (C=O) groups excluding carboxylic acids is 1. The predicted octanol–water partition coefficient (Wildman–Crippen LogP) is 5.74. The highest BCUT2D eigenvalue weighted by molar-refractivity contribution is 5.75. The summed E-state index contributed by atoms with van der Waals surface area (Å²) in [6, 6.07) is 0. The van der Waals surface area contributed by atoms with Crippen LogP contribution in [0.15, 0.2) is 60.8 Å². The average molecular weight is 536 g/mol. The smallest absolute Gasteiger partial charge is 0.220 e. The molecule has 7 nitrogen and oxygen atoms in total. The number of nitrogens with one attached hydrogen (secondary N) is 1. The number of hydrogen-bond donors (Lipinski definition) is 1. The Morgan fingerprint density at radius 2 is 1.00 bits per heavy atom. The van der Waals surface area contributed by atoms with Crippen LogP contribution in [0.2, 0.25) is 0 Å². The second-order valence-corrected chi connectivity index (χ2v) is 8.39. The Kier molecular flexibility index (Phi) is 31.2. The fourth-order valence-corrected chi connectivity index (χ4v) is 3.00. The van der Waals surface area contributed by atoms with E-state index in [2.05, 4.69) is 73.0 Å². The molecule has 0 rings (SSSR count). The Bertz CT molecular complexity index is 642. The summed E-state index contributed by atoms with van der Waals surface area (Å²) in [7, 11) is 1.65. The van der Waals surface area contributed by atoms with Gasteiger partial charge in [0.2, 0.25) is 5.91 Å². The molecule has 0 aliphatic carbocycles. The Balaban J connectivity index is 3.37. The molecule has 0 bridgehead atoms. The van der Waals surface area contributed by atoms with Crippen LogP contribution in [-0.2, 0) is 28.5 Å². The van der Waals surface area contributed by atoms with Gasteiger partial charge in [-0.05, 0) is 44.9 Å². The van der Waals surface area contributed by atoms with E-state index in [1.165, 1.54) is 0 Å². The molecule has 1 N–H and O–H groups in total. The molecule has 38 heavy (non-hydrogen) atoms. The normalized spacial score (nSPS) is 12.4. The van der Waals surface area contributed by atoms with E-state index < -0.39 is 0 Å². The van der Waals surface area contributed by atoms with Crippen molar-refractivity contribution in [3.63, 3.8) is 0 Å². The zero-order valence-corrected chi connectivity index (χ0v) is 24.0. The van der Waals surface area contributed by atoms with Crippen molar-refractivity contribution in [1.29, 1.82) is 0 Å². The van der Waals surface area contributed by atoms with Gasteiger partial charge in [-0.1, -0.05) is 67.7 Å². The van der Waals surface area contributed by atoms with Crippen molar-refractivity contribution in [2.45, 2.75) is 58.3 Å². The largest absolute Gasteiger partial charge is 0.382 e. The van der Waals surface area contributed by atoms with Gasteiger partial charge in [0.05, 0.1) is 59.5 Å². The van der Waals surface area contributed by atoms with E-state index in [9.17, 15) is 4.79 Å². The van der Waals surface area contributed by atoms with Crippen LogP contribution in [0, 0.1) is 0 Å². The molecule has 1 amide bonds. The molecule has 0 heterocycles. The second kappa shape index (κ2) is 33.0. The van der Waals surface area contributed by atoms with Gasteiger partial charge < -0.3 is 29.0 Å². The number of allylic oxidation sites excluding steroid dienone is 10. The van der Waals surface area contributed by atoms with E-state index >= 15 is 0 Å². The maximum atomic E-state index is 11.9. The number of methoxy groups -OCH3 is 1. The molecule has 218 valence electrons. The van der Waals surface area contributed by atoms with E-state index in [-0.39, 0.29) is 5.91 Å². The molecule has 0 spiro atoms. The molecule has 0 saturated heterocycles. The average Bonchev–Trinajstić information content (AvgIpc) is 2.92. The molecule has 0 atom stereocenters. The van der Waals surface area contributed by atoms with E-state index in [4.69, 9.17) is 23.7 Å². The fraction of sp³-hybridized carbons (Fsp3) is 0.645. The monoisotopic (exact) mass is 535 g/mol. The zero-order valence-electron chi connectivity index (χ0n) is 24.0. The lowest BCUT2D eigenvalue weighted by Crippen LogP contribution is -2.27. The summed E-state index contributed by atoms with van der Waals surface area (Å²) in [4.78, 5) is 11.9. The van der Waals surface area contributed by atoms with Crippen LogP contribution < -0.4 is 5.32 Å². The predicted molar refractivity (Wildman–Crippen MR) is 156 cm³/mol. The number of unbranched alkanes of at least 4 members (excludes halogenated alkanes) is 1. The lowest BCUT2D eigenvalue weighted by atomic mass is 10.2. The molecular weight excluding hydrogens is 482 g/mol. The van der Waals surface area contributed by atoms with Gasteiger partial charge in [-0.25, -0.2) is 0 Å². The molecule has 0 aliphatic heterocycles. The molecule has 0 saturated carbocycles. The molecule has 0 aliphatic rings. The summed E-state index contributed by atoms with van der Waals surface area (Å²) >= 11 is 0. The standard InChI is InChI=1S/C31H53NO6/c1-3-4-5-6-7-8-9-10-11-12-13-14-15-16-17-18-19-20-31(33)32-21-22-35-25-26-37-29-30-38-28-27-36-24-23-34-2/h4-5,7-8,10-11,13-14,16-17H,3,6,9,12,15,18-30H2,1-2H3,(H,32,33)/b5-4-,8-7-,11-10-,14-13-,17-16-. The van der Waals surface area contributed by atoms with Gasteiger partial charge in [-0.2, -0.15) is 0 Å². The third kappa shape index (κ3) is 32.0. The molecule has 0 fully saturated rings. The van der Waals surface area contributed by atoms with Crippen LogP contribution in [0.1, 0.15) is 58.3 Å². The quantitative estimate of drug-likeness (QED) is 0.102. The van der Waals surface area contributed by atoms with Crippen LogP contribution >= 0.6 is 0 Å². The third-order valence-corrected chi connectivity index (χ3v) is 5.05. The summed E-state index contributed by atoms with van der Waals surface area (Å²) in [5.74, 6) is 0.0700. The maximum absolute atomic E-state index is 11.9. The number of ether oxygens (including phenoxy) is 5. The van der Waals surface area contributed by atoms with Crippen LogP contribution in [0.4, 0.5) is 0 Å². The molecule has 0 aromatic heterocycles. The molecule has 7 heteroatoms. The maximum Gasteiger partial charge on any atom is 0.220 e. The van der Waals surface area contributed by atoms with E-state index in [0.29, 0.717) is 72.4 Å². The Labute approximate surface area is 232 Å². The zero-order chi connectivity index (χ0) is 27.6. The van der Waals surface area contributed by atoms with Crippen molar-refractivity contribution < 1.29 is 28.5 Å². The van der Waals surface area contributed by atoms with Crippen LogP contribution in [0.3, 0.4) is 0 Å². The highest BCUT2D eigenvalue weighted by atomic mass is 16.6. The summed E-state index contributed by atoms with van der Waals surface area (Å²) in [5, 5.41) is 2.89. The Hall–Kier alpha value is -2.03. The van der Waals surface area contributed by atoms with Crippen LogP contribution in [0.5, 0.6) is 0 Å². The molecule has 0 radical (unpaired) electrons. The molecule has 0 aromatic carbocycles. The molecule has 0 aromatic rings. The first kappa shape index (κ1) is 36.0. The Morgan fingerprint density at radius 3 is 1.47 bits per heavy atom. The first-order valence-corrected chi connectivity index (χ1v) is 14.1. The highest BCUT2D eigenvalue weighted by Crippen LogP contribution is 1.99. The summed E-state index contributed by atoms with van der Waals surface area (Å²) in [5.41, 5.74) is 0. The van der Waals surface area contributed by atoms with Gasteiger partial charge >= 0.3 is 0 Å². The Morgan fingerprint density at radius 1 is 0.579 bits per heavy atom. The van der Waals surface area contributed by atoms with Crippen molar-refractivity contribution in [1.82, 2.24) is 5.32 Å². The van der Waals surface area contributed by atoms with E-state index in [1.807, 2.05) is 0 Å². The lowest BCUT2D eigenvalue weighted by molar-refractivity contribution is -0.121. The van der Waals surface area contributed by atoms with Crippen LogP contribution in [-0.4, -0.2) is 79.0 Å². The van der Waals surface area contributed by atoms with Crippen molar-refractivity contribution in [2.75, 3.05) is 73.1 Å². The topological polar surface area (TPSA) is 75.3 Å². The first-order valence-electron chi connectivity index (χ1n) is 14.1. The minimum atomic E-state index is 0.0700. The van der Waals surface area contributed by atoms with Gasteiger partial charge in [0.15, 0.2) is 0 Å². The van der Waals surface area contributed by atoms with Crippen LogP contribution in [0.25, 0.3) is 0 Å². The van der Waals surface area contributed by atoms with Crippen molar-refractivity contribution in [2.24, 2.45) is 0 Å². The van der Waals surface area contributed by atoms with E-state index in [0.717, 1.165) is 44.9 Å². The van der Waals surface area contributed by atoms with E-state index in [1.54, 1.807) is 7.11 Å². The fourth-order valence-electron chi connectivity index (χ4n) is 3.00. The van der Waals surface area contributed by atoms with Gasteiger partial charge in [-0.15, -0.1) is 0 Å². The van der Waals surface area contributed by atoms with Gasteiger partial charge in [0, 0.05) is 20.1 Å². The summed E-state index contributed by atoms with van der Waals surface area (Å²) in [6.45, 7) is 7.50. The molecular formula is C31H53NO6. The SMILES string of the molecule is CC/C=C\C/C=C\C/C=C\C/C=C\C/C=C\CCCC(=O)NCCOCCOCCOCCOCCOC. The minimum absolute atomic E-state index is 0.0700. The number of rotatable bonds is 28. The highest BCUT2D eigenvalue weighted by Gasteiger charge is 1.99. The van der Waals surface area contributed by atoms with Gasteiger partial charge in [0.25, 0.3) is 0 Å². The number of amides is 1. The lowest BCUT2D eigenvalue weighted by Gasteiger charge is -2.08. The van der Waals surface area contributed by atoms with Crippen molar-refractivity contribution in [3.8, 4) is 0 Å². The van der Waals surface area contributed by atoms with Gasteiger partial charge in [-0.3, -0.25) is 4.79 Å². The second-order valence-electron chi connectivity index (χ2n) is 8.39. The first-order chi connectivity index (χ1) is 18.8. The summed E-state index contributed by atoms with van der Waals surface area (Å²) < 4.78 is 26.5. The number of hydrogen-bond acceptors (Lipinski definition) is 6.